The molecule has 2 aromatic rings. The van der Waals surface area contributed by atoms with Crippen LogP contribution in [0.1, 0.15) is 16.9 Å². The highest BCUT2D eigenvalue weighted by molar-refractivity contribution is 9.10. The number of hydrogen-bond donors (Lipinski definition) is 2. The molecule has 0 aliphatic heterocycles. The number of benzene rings is 1. The van der Waals surface area contributed by atoms with Crippen LogP contribution in [-0.4, -0.2) is 15.0 Å². The Balaban J connectivity index is 2.03. The molecule has 0 saturated heterocycles. The zero-order valence-corrected chi connectivity index (χ0v) is 14.6. The van der Waals surface area contributed by atoms with Crippen LogP contribution in [0.25, 0.3) is 0 Å². The highest BCUT2D eigenvalue weighted by Gasteiger charge is 2.14. The van der Waals surface area contributed by atoms with Gasteiger partial charge in [0.05, 0.1) is 4.90 Å². The predicted octanol–water partition coefficient (Wildman–Crippen LogP) is 2.88. The van der Waals surface area contributed by atoms with Crippen molar-refractivity contribution in [2.24, 2.45) is 5.73 Å². The standard InChI is InChI=1S/C14H17BrN2O2S2/c15-13-7-9-20-14(13)10-17-21(18,19)12-5-3-11(4-6-12)2-1-8-16/h3-7,9,17H,1-2,8,10,16H2. The molecule has 0 spiro atoms. The van der Waals surface area contributed by atoms with Crippen LogP contribution >= 0.6 is 27.3 Å². The van der Waals surface area contributed by atoms with E-state index in [0.29, 0.717) is 6.54 Å². The summed E-state index contributed by atoms with van der Waals surface area (Å²) in [6, 6.07) is 8.85. The van der Waals surface area contributed by atoms with Crippen LogP contribution in [0.5, 0.6) is 0 Å². The summed E-state index contributed by atoms with van der Waals surface area (Å²) in [5, 5.41) is 1.92. The van der Waals surface area contributed by atoms with Crippen molar-refractivity contribution in [3.63, 3.8) is 0 Å². The molecule has 0 saturated carbocycles. The van der Waals surface area contributed by atoms with Gasteiger partial charge in [0.25, 0.3) is 0 Å². The molecule has 21 heavy (non-hydrogen) atoms. The Morgan fingerprint density at radius 3 is 2.48 bits per heavy atom. The number of nitrogens with one attached hydrogen (secondary N) is 1. The maximum absolute atomic E-state index is 12.2. The van der Waals surface area contributed by atoms with Gasteiger partial charge in [-0.3, -0.25) is 0 Å². The van der Waals surface area contributed by atoms with Crippen molar-refractivity contribution in [1.82, 2.24) is 4.72 Å². The molecule has 0 fully saturated rings. The smallest absolute Gasteiger partial charge is 0.240 e. The van der Waals surface area contributed by atoms with E-state index in [0.717, 1.165) is 27.8 Å². The van der Waals surface area contributed by atoms with Gasteiger partial charge in [-0.2, -0.15) is 0 Å². The van der Waals surface area contributed by atoms with Crippen molar-refractivity contribution in [3.05, 3.63) is 50.6 Å². The summed E-state index contributed by atoms with van der Waals surface area (Å²) in [6.45, 7) is 0.923. The molecule has 1 aromatic carbocycles. The Labute approximate surface area is 137 Å². The lowest BCUT2D eigenvalue weighted by Gasteiger charge is -2.07. The van der Waals surface area contributed by atoms with Crippen molar-refractivity contribution in [2.45, 2.75) is 24.3 Å². The number of nitrogens with two attached hydrogens (primary N) is 1. The highest BCUT2D eigenvalue weighted by Crippen LogP contribution is 2.23. The number of sulfonamides is 1. The van der Waals surface area contributed by atoms with E-state index in [1.807, 2.05) is 23.6 Å². The minimum Gasteiger partial charge on any atom is -0.330 e. The van der Waals surface area contributed by atoms with E-state index in [-0.39, 0.29) is 11.4 Å². The summed E-state index contributed by atoms with van der Waals surface area (Å²) in [5.41, 5.74) is 6.56. The van der Waals surface area contributed by atoms with Crippen LogP contribution in [0.2, 0.25) is 0 Å². The number of halogens is 1. The first-order chi connectivity index (χ1) is 10.0. The van der Waals surface area contributed by atoms with Crippen LogP contribution in [0.4, 0.5) is 0 Å². The fraction of sp³-hybridized carbons (Fsp3) is 0.286. The van der Waals surface area contributed by atoms with Crippen LogP contribution in [-0.2, 0) is 23.0 Å². The van der Waals surface area contributed by atoms with E-state index in [2.05, 4.69) is 20.7 Å². The third kappa shape index (κ3) is 4.62. The molecule has 1 aromatic heterocycles. The topological polar surface area (TPSA) is 72.2 Å². The maximum Gasteiger partial charge on any atom is 0.240 e. The van der Waals surface area contributed by atoms with Crippen molar-refractivity contribution in [1.29, 1.82) is 0 Å². The lowest BCUT2D eigenvalue weighted by atomic mass is 10.1. The summed E-state index contributed by atoms with van der Waals surface area (Å²) >= 11 is 4.90. The third-order valence-corrected chi connectivity index (χ3v) is 6.36. The first-order valence-electron chi connectivity index (χ1n) is 6.53. The van der Waals surface area contributed by atoms with Crippen molar-refractivity contribution < 1.29 is 8.42 Å². The van der Waals surface area contributed by atoms with Crippen LogP contribution in [0.3, 0.4) is 0 Å². The van der Waals surface area contributed by atoms with Gasteiger partial charge in [-0.1, -0.05) is 12.1 Å². The molecule has 1 heterocycles. The van der Waals surface area contributed by atoms with Gasteiger partial charge in [0, 0.05) is 15.9 Å². The van der Waals surface area contributed by atoms with Crippen LogP contribution in [0.15, 0.2) is 45.1 Å². The molecule has 0 atom stereocenters. The molecule has 2 rings (SSSR count). The molecule has 0 aliphatic carbocycles. The Morgan fingerprint density at radius 1 is 1.19 bits per heavy atom. The molecule has 114 valence electrons. The molecule has 0 aliphatic rings. The van der Waals surface area contributed by atoms with Gasteiger partial charge in [0.2, 0.25) is 10.0 Å². The van der Waals surface area contributed by atoms with E-state index in [1.54, 1.807) is 12.1 Å². The molecular formula is C14H17BrN2O2S2. The Morgan fingerprint density at radius 2 is 1.90 bits per heavy atom. The van der Waals surface area contributed by atoms with E-state index >= 15 is 0 Å². The normalized spacial score (nSPS) is 11.7. The fourth-order valence-electron chi connectivity index (χ4n) is 1.84. The minimum absolute atomic E-state index is 0.284. The zero-order valence-electron chi connectivity index (χ0n) is 11.4. The van der Waals surface area contributed by atoms with E-state index < -0.39 is 10.0 Å². The van der Waals surface area contributed by atoms with Crippen molar-refractivity contribution >= 4 is 37.3 Å². The van der Waals surface area contributed by atoms with E-state index in [9.17, 15) is 8.42 Å². The van der Waals surface area contributed by atoms with Gasteiger partial charge >= 0.3 is 0 Å². The second-order valence-electron chi connectivity index (χ2n) is 4.55. The molecule has 4 nitrogen and oxygen atoms in total. The van der Waals surface area contributed by atoms with Gasteiger partial charge in [-0.05, 0) is 64.5 Å². The lowest BCUT2D eigenvalue weighted by molar-refractivity contribution is 0.581. The first kappa shape index (κ1) is 16.6. The summed E-state index contributed by atoms with van der Waals surface area (Å²) < 4.78 is 28.0. The summed E-state index contributed by atoms with van der Waals surface area (Å²) in [7, 11) is -3.48. The van der Waals surface area contributed by atoms with Crippen molar-refractivity contribution in [2.75, 3.05) is 6.54 Å². The molecule has 0 amide bonds. The lowest BCUT2D eigenvalue weighted by Crippen LogP contribution is -2.22. The maximum atomic E-state index is 12.2. The number of hydrogen-bond acceptors (Lipinski definition) is 4. The Bertz CT molecular complexity index is 681. The largest absolute Gasteiger partial charge is 0.330 e. The third-order valence-electron chi connectivity index (χ3n) is 3.02. The second kappa shape index (κ2) is 7.51. The summed E-state index contributed by atoms with van der Waals surface area (Å²) in [6.07, 6.45) is 1.77. The number of aryl methyl sites for hydroxylation is 1. The number of thiophene rings is 1. The highest BCUT2D eigenvalue weighted by atomic mass is 79.9. The predicted molar refractivity (Wildman–Crippen MR) is 89.9 cm³/mol. The number of rotatable bonds is 7. The fourth-order valence-corrected chi connectivity index (χ4v) is 4.36. The molecule has 0 bridgehead atoms. The van der Waals surface area contributed by atoms with Crippen molar-refractivity contribution in [3.8, 4) is 0 Å². The van der Waals surface area contributed by atoms with Gasteiger partial charge in [-0.15, -0.1) is 11.3 Å². The van der Waals surface area contributed by atoms with Crippen LogP contribution < -0.4 is 10.5 Å². The first-order valence-corrected chi connectivity index (χ1v) is 9.69. The molecular weight excluding hydrogens is 372 g/mol. The molecule has 0 radical (unpaired) electrons. The average molecular weight is 389 g/mol. The van der Waals surface area contributed by atoms with Crippen LogP contribution in [0, 0.1) is 0 Å². The summed E-state index contributed by atoms with van der Waals surface area (Å²) in [4.78, 5) is 1.24. The van der Waals surface area contributed by atoms with Gasteiger partial charge < -0.3 is 5.73 Å². The van der Waals surface area contributed by atoms with E-state index in [1.165, 1.54) is 11.3 Å². The molecule has 7 heteroatoms. The monoisotopic (exact) mass is 388 g/mol. The van der Waals surface area contributed by atoms with Gasteiger partial charge in [-0.25, -0.2) is 13.1 Å². The van der Waals surface area contributed by atoms with E-state index in [4.69, 9.17) is 5.73 Å². The zero-order chi connectivity index (χ0) is 15.3. The van der Waals surface area contributed by atoms with Gasteiger partial charge in [0.15, 0.2) is 0 Å². The minimum atomic E-state index is -3.48. The molecule has 3 N–H and O–H groups in total. The Kier molecular flexibility index (Phi) is 5.95. The average Bonchev–Trinajstić information content (AvgIpc) is 2.89. The second-order valence-corrected chi connectivity index (χ2v) is 8.17. The molecule has 0 unspecified atom stereocenters. The SMILES string of the molecule is NCCCc1ccc(S(=O)(=O)NCc2sccc2Br)cc1. The quantitative estimate of drug-likeness (QED) is 0.765. The summed E-state index contributed by atoms with van der Waals surface area (Å²) in [5.74, 6) is 0. The Hall–Kier alpha value is -0.730. The van der Waals surface area contributed by atoms with Gasteiger partial charge in [0.1, 0.15) is 0 Å².